The normalized spacial score (nSPS) is 21.1. The highest BCUT2D eigenvalue weighted by molar-refractivity contribution is 5.83. The van der Waals surface area contributed by atoms with Crippen molar-refractivity contribution in [2.24, 2.45) is 11.7 Å². The number of nitrogens with two attached hydrogens (primary N) is 1. The molecule has 1 aromatic carbocycles. The number of β-amino-alcohol motifs (C(OH)–C–C–N with tert-alkyl or cyclic N) is 1. The van der Waals surface area contributed by atoms with Crippen LogP contribution in [0.3, 0.4) is 0 Å². The van der Waals surface area contributed by atoms with E-state index in [1.165, 1.54) is 18.5 Å². The number of nitrogens with one attached hydrogen (secondary N) is 1. The van der Waals surface area contributed by atoms with Gasteiger partial charge in [0.05, 0.1) is 17.2 Å². The molecule has 0 spiro atoms. The van der Waals surface area contributed by atoms with Gasteiger partial charge in [0.1, 0.15) is 6.33 Å². The lowest BCUT2D eigenvalue weighted by molar-refractivity contribution is -0.137. The summed E-state index contributed by atoms with van der Waals surface area (Å²) in [6.07, 6.45) is -1.68. The number of alkyl halides is 3. The van der Waals surface area contributed by atoms with Crippen molar-refractivity contribution in [2.45, 2.75) is 63.5 Å². The SMILES string of the molecule is CC(C)(C(N)=O)N1CC[C@H](CNc2ncnc(N(Cc3ccc(C(F)(F)F)cc3)C3CC3)c2F)[C@@H](O)C1. The van der Waals surface area contributed by atoms with E-state index in [0.29, 0.717) is 18.5 Å². The van der Waals surface area contributed by atoms with Gasteiger partial charge in [-0.2, -0.15) is 17.6 Å². The van der Waals surface area contributed by atoms with E-state index >= 15 is 4.39 Å². The zero-order chi connectivity index (χ0) is 27.0. The number of likely N-dealkylation sites (tertiary alicyclic amines) is 1. The number of carbonyl (C=O) groups excluding carboxylic acids is 1. The van der Waals surface area contributed by atoms with E-state index in [1.54, 1.807) is 18.7 Å². The summed E-state index contributed by atoms with van der Waals surface area (Å²) in [7, 11) is 0. The molecule has 2 aromatic rings. The Balaban J connectivity index is 1.43. The van der Waals surface area contributed by atoms with Gasteiger partial charge in [-0.3, -0.25) is 9.69 Å². The number of aliphatic hydroxyl groups is 1. The molecule has 0 unspecified atom stereocenters. The molecule has 12 heteroatoms. The van der Waals surface area contributed by atoms with Gasteiger partial charge in [-0.1, -0.05) is 12.1 Å². The van der Waals surface area contributed by atoms with Gasteiger partial charge in [0.2, 0.25) is 11.7 Å². The molecule has 1 amide bonds. The zero-order valence-electron chi connectivity index (χ0n) is 20.8. The third-order valence-electron chi connectivity index (χ3n) is 7.31. The highest BCUT2D eigenvalue weighted by Gasteiger charge is 2.39. The maximum Gasteiger partial charge on any atom is 0.416 e. The Morgan fingerprint density at radius 3 is 2.43 bits per heavy atom. The van der Waals surface area contributed by atoms with Crippen molar-refractivity contribution >= 4 is 17.5 Å². The number of carbonyl (C=O) groups is 1. The molecule has 4 rings (SSSR count). The highest BCUT2D eigenvalue weighted by atomic mass is 19.4. The van der Waals surface area contributed by atoms with Gasteiger partial charge in [0, 0.05) is 31.6 Å². The number of aromatic nitrogens is 2. The number of halogens is 4. The number of aliphatic hydroxyl groups excluding tert-OH is 1. The number of anilines is 2. The van der Waals surface area contributed by atoms with Crippen molar-refractivity contribution in [1.29, 1.82) is 0 Å². The van der Waals surface area contributed by atoms with Crippen LogP contribution in [0.15, 0.2) is 30.6 Å². The monoisotopic (exact) mass is 524 g/mol. The maximum atomic E-state index is 15.5. The molecule has 37 heavy (non-hydrogen) atoms. The molecular formula is C25H32F4N6O2. The van der Waals surface area contributed by atoms with Crippen molar-refractivity contribution in [1.82, 2.24) is 14.9 Å². The quantitative estimate of drug-likeness (QED) is 0.433. The van der Waals surface area contributed by atoms with Crippen molar-refractivity contribution in [3.05, 3.63) is 47.5 Å². The topological polar surface area (TPSA) is 108 Å². The van der Waals surface area contributed by atoms with Crippen molar-refractivity contribution in [3.63, 3.8) is 0 Å². The summed E-state index contributed by atoms with van der Waals surface area (Å²) in [5.41, 5.74) is 4.48. The second-order valence-electron chi connectivity index (χ2n) is 10.3. The standard InChI is InChI=1S/C25H32F4N6O2/c1-24(2,23(30)37)34-10-9-16(19(36)13-34)11-31-21-20(26)22(33-14-32-21)35(18-7-8-18)12-15-3-5-17(6-4-15)25(27,28)29/h3-6,14,16,18-19,36H,7-13H2,1-2H3,(H2,30,37)(H,31,32,33)/t16-,19+/m1/s1. The lowest BCUT2D eigenvalue weighted by atomic mass is 9.89. The van der Waals surface area contributed by atoms with Gasteiger partial charge in [-0.25, -0.2) is 9.97 Å². The van der Waals surface area contributed by atoms with Crippen LogP contribution < -0.4 is 16.0 Å². The first-order chi connectivity index (χ1) is 17.4. The van der Waals surface area contributed by atoms with Gasteiger partial charge in [-0.05, 0) is 57.4 Å². The summed E-state index contributed by atoms with van der Waals surface area (Å²) < 4.78 is 54.2. The summed E-state index contributed by atoms with van der Waals surface area (Å²) in [6, 6.07) is 4.86. The van der Waals surface area contributed by atoms with Gasteiger partial charge < -0.3 is 21.1 Å². The number of primary amides is 1. The average molecular weight is 525 g/mol. The molecule has 202 valence electrons. The second kappa shape index (κ2) is 10.4. The first kappa shape index (κ1) is 27.1. The van der Waals surface area contributed by atoms with Crippen LogP contribution in [0.4, 0.5) is 29.2 Å². The van der Waals surface area contributed by atoms with Crippen LogP contribution in [0.2, 0.25) is 0 Å². The molecule has 2 atom stereocenters. The summed E-state index contributed by atoms with van der Waals surface area (Å²) in [4.78, 5) is 23.5. The number of rotatable bonds is 9. The first-order valence-corrected chi connectivity index (χ1v) is 12.3. The zero-order valence-corrected chi connectivity index (χ0v) is 20.8. The molecule has 2 heterocycles. The van der Waals surface area contributed by atoms with Crippen LogP contribution in [-0.2, 0) is 17.5 Å². The predicted octanol–water partition coefficient (Wildman–Crippen LogP) is 3.16. The minimum absolute atomic E-state index is 0.00448. The smallest absolute Gasteiger partial charge is 0.391 e. The fourth-order valence-corrected chi connectivity index (χ4v) is 4.55. The Kier molecular flexibility index (Phi) is 7.61. The lowest BCUT2D eigenvalue weighted by Crippen LogP contribution is -2.59. The van der Waals surface area contributed by atoms with Gasteiger partial charge in [0.15, 0.2) is 11.6 Å². The molecular weight excluding hydrogens is 492 g/mol. The molecule has 2 aliphatic rings. The number of hydrogen-bond donors (Lipinski definition) is 3. The number of benzene rings is 1. The van der Waals surface area contributed by atoms with Crippen LogP contribution in [0.25, 0.3) is 0 Å². The Labute approximate surface area is 212 Å². The molecule has 1 aromatic heterocycles. The van der Waals surface area contributed by atoms with Crippen LogP contribution in [0, 0.1) is 11.7 Å². The van der Waals surface area contributed by atoms with Gasteiger partial charge in [-0.15, -0.1) is 0 Å². The molecule has 1 saturated carbocycles. The fourth-order valence-electron chi connectivity index (χ4n) is 4.55. The van der Waals surface area contributed by atoms with Crippen molar-refractivity contribution in [2.75, 3.05) is 29.9 Å². The van der Waals surface area contributed by atoms with E-state index < -0.39 is 35.1 Å². The molecule has 8 nitrogen and oxygen atoms in total. The third-order valence-corrected chi connectivity index (χ3v) is 7.31. The molecule has 0 bridgehead atoms. The number of amides is 1. The van der Waals surface area contributed by atoms with Crippen LogP contribution in [-0.4, -0.2) is 63.2 Å². The molecule has 1 aliphatic carbocycles. The second-order valence-corrected chi connectivity index (χ2v) is 10.3. The Bertz CT molecular complexity index is 1110. The van der Waals surface area contributed by atoms with E-state index in [4.69, 9.17) is 5.73 Å². The minimum Gasteiger partial charge on any atom is -0.391 e. The molecule has 0 radical (unpaired) electrons. The number of hydrogen-bond acceptors (Lipinski definition) is 7. The summed E-state index contributed by atoms with van der Waals surface area (Å²) >= 11 is 0. The van der Waals surface area contributed by atoms with Gasteiger partial charge >= 0.3 is 6.18 Å². The molecule has 4 N–H and O–H groups in total. The maximum absolute atomic E-state index is 15.5. The lowest BCUT2D eigenvalue weighted by Gasteiger charge is -2.43. The van der Waals surface area contributed by atoms with Gasteiger partial charge in [0.25, 0.3) is 0 Å². The number of piperidine rings is 1. The summed E-state index contributed by atoms with van der Waals surface area (Å²) in [6.45, 7) is 4.73. The van der Waals surface area contributed by atoms with Crippen molar-refractivity contribution < 1.29 is 27.5 Å². The third kappa shape index (κ3) is 6.12. The minimum atomic E-state index is -4.42. The van der Waals surface area contributed by atoms with Crippen LogP contribution in [0.5, 0.6) is 0 Å². The van der Waals surface area contributed by atoms with E-state index in [2.05, 4.69) is 15.3 Å². The number of nitrogens with zero attached hydrogens (tertiary/aromatic N) is 4. The first-order valence-electron chi connectivity index (χ1n) is 12.3. The molecule has 1 aliphatic heterocycles. The van der Waals surface area contributed by atoms with Crippen LogP contribution in [0.1, 0.15) is 44.2 Å². The van der Waals surface area contributed by atoms with Crippen molar-refractivity contribution in [3.8, 4) is 0 Å². The fraction of sp³-hybridized carbons (Fsp3) is 0.560. The Morgan fingerprint density at radius 2 is 1.86 bits per heavy atom. The molecule has 2 fully saturated rings. The highest BCUT2D eigenvalue weighted by Crippen LogP contribution is 2.35. The summed E-state index contributed by atoms with van der Waals surface area (Å²) in [5, 5.41) is 13.6. The van der Waals surface area contributed by atoms with E-state index in [-0.39, 0.29) is 43.2 Å². The largest absolute Gasteiger partial charge is 0.416 e. The Morgan fingerprint density at radius 1 is 1.19 bits per heavy atom. The average Bonchev–Trinajstić information content (AvgIpc) is 3.68. The predicted molar refractivity (Wildman–Crippen MR) is 130 cm³/mol. The summed E-state index contributed by atoms with van der Waals surface area (Å²) in [5.74, 6) is -1.23. The molecule has 1 saturated heterocycles. The van der Waals surface area contributed by atoms with E-state index in [1.807, 2.05) is 4.90 Å². The van der Waals surface area contributed by atoms with Crippen LogP contribution >= 0.6 is 0 Å². The van der Waals surface area contributed by atoms with E-state index in [9.17, 15) is 23.1 Å². The Hall–Kier alpha value is -2.99. The van der Waals surface area contributed by atoms with E-state index in [0.717, 1.165) is 25.0 Å².